The van der Waals surface area contributed by atoms with E-state index in [4.69, 9.17) is 14.7 Å². The number of phenolic OH excluding ortho intramolecular Hbond substituents is 1. The molecule has 1 aromatic heterocycles. The van der Waals surface area contributed by atoms with Crippen molar-refractivity contribution < 1.29 is 19.7 Å². The number of aromatic nitrogens is 2. The van der Waals surface area contributed by atoms with Crippen molar-refractivity contribution in [1.29, 1.82) is 0 Å². The largest absolute Gasteiger partial charge is 0.508 e. The van der Waals surface area contributed by atoms with Gasteiger partial charge in [-0.25, -0.2) is 0 Å². The summed E-state index contributed by atoms with van der Waals surface area (Å²) in [6.07, 6.45) is 5.16. The van der Waals surface area contributed by atoms with Crippen molar-refractivity contribution in [3.63, 3.8) is 0 Å². The molecule has 10 heteroatoms. The van der Waals surface area contributed by atoms with Gasteiger partial charge in [-0.2, -0.15) is 9.97 Å². The van der Waals surface area contributed by atoms with Crippen LogP contribution in [0, 0.1) is 14.9 Å². The molecule has 0 spiro atoms. The minimum Gasteiger partial charge on any atom is -0.508 e. The van der Waals surface area contributed by atoms with Gasteiger partial charge in [0.05, 0.1) is 31.0 Å². The van der Waals surface area contributed by atoms with Crippen molar-refractivity contribution in [3.8, 4) is 11.8 Å². The van der Waals surface area contributed by atoms with Crippen molar-refractivity contribution in [2.75, 3.05) is 51.8 Å². The lowest BCUT2D eigenvalue weighted by molar-refractivity contribution is 0.0752. The standard InChI is InChI=1S/C31H38IN5O4/c1-35(2)18-31(9-10-31)19-41-30-33-26-17-37(16-24(26)28(34-30)36-11-4-5-20(15-36)8-12-38)29(40)23-14-22(39)13-21-6-3-7-25(32)27(21)23/h3,6-7,13-14,20,38-39H,4-5,8-12,15-19H2,1-2H3. The summed E-state index contributed by atoms with van der Waals surface area (Å²) in [4.78, 5) is 30.1. The summed E-state index contributed by atoms with van der Waals surface area (Å²) in [6, 6.07) is 9.47. The lowest BCUT2D eigenvalue weighted by Gasteiger charge is -2.34. The number of aromatic hydroxyl groups is 1. The molecule has 41 heavy (non-hydrogen) atoms. The van der Waals surface area contributed by atoms with Gasteiger partial charge in [0.25, 0.3) is 5.91 Å². The molecule has 3 aromatic rings. The van der Waals surface area contributed by atoms with E-state index in [1.54, 1.807) is 17.0 Å². The summed E-state index contributed by atoms with van der Waals surface area (Å²) < 4.78 is 7.25. The van der Waals surface area contributed by atoms with E-state index in [2.05, 4.69) is 46.5 Å². The molecule has 2 fully saturated rings. The van der Waals surface area contributed by atoms with Crippen LogP contribution in [-0.4, -0.2) is 82.8 Å². The quantitative estimate of drug-likeness (QED) is 0.323. The third-order valence-corrected chi connectivity index (χ3v) is 9.54. The van der Waals surface area contributed by atoms with Crippen LogP contribution in [-0.2, 0) is 13.1 Å². The van der Waals surface area contributed by atoms with E-state index in [-0.39, 0.29) is 23.7 Å². The molecule has 218 valence electrons. The highest BCUT2D eigenvalue weighted by Crippen LogP contribution is 2.46. The number of carbonyl (C=O) groups is 1. The number of fused-ring (bicyclic) bond motifs is 2. The van der Waals surface area contributed by atoms with Crippen LogP contribution in [0.4, 0.5) is 5.82 Å². The molecule has 3 aliphatic rings. The Bertz CT molecular complexity index is 1460. The molecule has 1 aliphatic carbocycles. The predicted molar refractivity (Wildman–Crippen MR) is 166 cm³/mol. The van der Waals surface area contributed by atoms with Crippen LogP contribution in [0.2, 0.25) is 0 Å². The molecular weight excluding hydrogens is 633 g/mol. The van der Waals surface area contributed by atoms with Crippen molar-refractivity contribution in [1.82, 2.24) is 19.8 Å². The Morgan fingerprint density at radius 2 is 2.05 bits per heavy atom. The number of aliphatic hydroxyl groups is 1. The number of rotatable bonds is 9. The maximum absolute atomic E-state index is 14.0. The van der Waals surface area contributed by atoms with Gasteiger partial charge in [0.2, 0.25) is 0 Å². The number of phenols is 1. The first-order chi connectivity index (χ1) is 19.7. The first kappa shape index (κ1) is 28.4. The number of amides is 1. The molecule has 1 saturated heterocycles. The highest BCUT2D eigenvalue weighted by molar-refractivity contribution is 14.1. The monoisotopic (exact) mass is 671 g/mol. The fourth-order valence-corrected chi connectivity index (χ4v) is 7.29. The Kier molecular flexibility index (Phi) is 7.99. The zero-order valence-electron chi connectivity index (χ0n) is 23.8. The Labute approximate surface area is 254 Å². The van der Waals surface area contributed by atoms with E-state index in [0.717, 1.165) is 83.2 Å². The Morgan fingerprint density at radius 1 is 1.22 bits per heavy atom. The molecule has 3 heterocycles. The number of hydrogen-bond donors (Lipinski definition) is 2. The van der Waals surface area contributed by atoms with Gasteiger partial charge in [-0.05, 0) is 98.3 Å². The normalized spacial score (nSPS) is 19.6. The molecule has 0 radical (unpaired) electrons. The van der Waals surface area contributed by atoms with Gasteiger partial charge < -0.3 is 29.6 Å². The van der Waals surface area contributed by atoms with Gasteiger partial charge in [-0.1, -0.05) is 12.1 Å². The fourth-order valence-electron chi connectivity index (χ4n) is 6.48. The number of halogens is 1. The number of aliphatic hydroxyl groups excluding tert-OH is 1. The predicted octanol–water partition coefficient (Wildman–Crippen LogP) is 4.42. The molecule has 2 aromatic carbocycles. The summed E-state index contributed by atoms with van der Waals surface area (Å²) in [5.74, 6) is 1.18. The summed E-state index contributed by atoms with van der Waals surface area (Å²) >= 11 is 2.25. The topological polar surface area (TPSA) is 102 Å². The van der Waals surface area contributed by atoms with E-state index in [1.807, 2.05) is 18.2 Å². The van der Waals surface area contributed by atoms with E-state index >= 15 is 0 Å². The summed E-state index contributed by atoms with van der Waals surface area (Å²) in [5, 5.41) is 21.7. The number of ether oxygens (including phenoxy) is 1. The van der Waals surface area contributed by atoms with E-state index in [9.17, 15) is 15.0 Å². The zero-order chi connectivity index (χ0) is 28.7. The molecule has 2 N–H and O–H groups in total. The summed E-state index contributed by atoms with van der Waals surface area (Å²) in [5.41, 5.74) is 2.42. The molecule has 2 aliphatic heterocycles. The SMILES string of the molecule is CN(C)CC1(COc2nc3c(c(N4CCCC(CCO)C4)n2)CN(C(=O)c2cc(O)cc4cccc(I)c24)C3)CC1. The Balaban J connectivity index is 1.31. The summed E-state index contributed by atoms with van der Waals surface area (Å²) in [6.45, 7) is 4.18. The smallest absolute Gasteiger partial charge is 0.318 e. The van der Waals surface area contributed by atoms with Crippen molar-refractivity contribution >= 4 is 45.1 Å². The van der Waals surface area contributed by atoms with Gasteiger partial charge in [0.1, 0.15) is 11.6 Å². The molecule has 9 nitrogen and oxygen atoms in total. The lowest BCUT2D eigenvalue weighted by Crippen LogP contribution is -2.37. The van der Waals surface area contributed by atoms with Crippen molar-refractivity contribution in [3.05, 3.63) is 50.7 Å². The van der Waals surface area contributed by atoms with Gasteiger partial charge in [0, 0.05) is 46.2 Å². The van der Waals surface area contributed by atoms with Crippen molar-refractivity contribution in [2.24, 2.45) is 11.3 Å². The summed E-state index contributed by atoms with van der Waals surface area (Å²) in [7, 11) is 4.18. The Hall–Kier alpha value is -2.70. The highest BCUT2D eigenvalue weighted by Gasteiger charge is 2.44. The van der Waals surface area contributed by atoms with Crippen molar-refractivity contribution in [2.45, 2.75) is 45.2 Å². The first-order valence-corrected chi connectivity index (χ1v) is 15.6. The lowest BCUT2D eigenvalue weighted by atomic mass is 9.95. The van der Waals surface area contributed by atoms with Crippen LogP contribution in [0.15, 0.2) is 30.3 Å². The van der Waals surface area contributed by atoms with Crippen LogP contribution in [0.25, 0.3) is 10.8 Å². The van der Waals surface area contributed by atoms with Crippen LogP contribution in [0.5, 0.6) is 11.8 Å². The van der Waals surface area contributed by atoms with E-state index in [0.29, 0.717) is 37.2 Å². The van der Waals surface area contributed by atoms with Crippen LogP contribution in [0.3, 0.4) is 0 Å². The number of piperidine rings is 1. The highest BCUT2D eigenvalue weighted by atomic mass is 127. The van der Waals surface area contributed by atoms with Crippen LogP contribution >= 0.6 is 22.6 Å². The number of hydrogen-bond acceptors (Lipinski definition) is 8. The molecular formula is C31H38IN5O4. The second-order valence-electron chi connectivity index (χ2n) is 12.2. The molecule has 1 amide bonds. The van der Waals surface area contributed by atoms with Gasteiger partial charge >= 0.3 is 6.01 Å². The first-order valence-electron chi connectivity index (χ1n) is 14.5. The molecule has 6 rings (SSSR count). The van der Waals surface area contributed by atoms with E-state index < -0.39 is 0 Å². The average Bonchev–Trinajstić information content (AvgIpc) is 3.56. The third kappa shape index (κ3) is 5.96. The zero-order valence-corrected chi connectivity index (χ0v) is 25.9. The van der Waals surface area contributed by atoms with Gasteiger partial charge in [-0.15, -0.1) is 0 Å². The maximum Gasteiger partial charge on any atom is 0.318 e. The minimum atomic E-state index is -0.138. The average molecular weight is 672 g/mol. The Morgan fingerprint density at radius 3 is 2.80 bits per heavy atom. The van der Waals surface area contributed by atoms with Crippen LogP contribution < -0.4 is 9.64 Å². The van der Waals surface area contributed by atoms with Gasteiger partial charge in [0.15, 0.2) is 0 Å². The fraction of sp³-hybridized carbons (Fsp3) is 0.516. The van der Waals surface area contributed by atoms with Gasteiger partial charge in [-0.3, -0.25) is 4.79 Å². The maximum atomic E-state index is 14.0. The number of anilines is 1. The molecule has 1 saturated carbocycles. The molecule has 1 atom stereocenters. The molecule has 0 bridgehead atoms. The third-order valence-electron chi connectivity index (χ3n) is 8.64. The van der Waals surface area contributed by atoms with Crippen LogP contribution in [0.1, 0.15) is 53.7 Å². The van der Waals surface area contributed by atoms with E-state index in [1.165, 1.54) is 0 Å². The molecule has 1 unspecified atom stereocenters. The minimum absolute atomic E-state index is 0.0747. The second-order valence-corrected chi connectivity index (χ2v) is 13.4. The number of carbonyl (C=O) groups excluding carboxylic acids is 1. The second kappa shape index (κ2) is 11.5. The number of benzene rings is 2. The number of nitrogens with zero attached hydrogens (tertiary/aromatic N) is 5.